The lowest BCUT2D eigenvalue weighted by Crippen LogP contribution is -2.31. The highest BCUT2D eigenvalue weighted by Crippen LogP contribution is 2.13. The summed E-state index contributed by atoms with van der Waals surface area (Å²) in [5.74, 6) is 1.33. The maximum atomic E-state index is 11.7. The number of hydrogen-bond donors (Lipinski definition) is 1. The summed E-state index contributed by atoms with van der Waals surface area (Å²) in [4.78, 5) is 13.5. The molecule has 0 aromatic heterocycles. The number of carbonyl (C=O) groups is 1. The third kappa shape index (κ3) is 5.08. The molecule has 4 heteroatoms. The summed E-state index contributed by atoms with van der Waals surface area (Å²) in [6.45, 7) is 5.36. The van der Waals surface area contributed by atoms with E-state index in [4.69, 9.17) is 10.5 Å². The summed E-state index contributed by atoms with van der Waals surface area (Å²) < 4.78 is 5.48. The van der Waals surface area contributed by atoms with Gasteiger partial charge in [-0.05, 0) is 30.2 Å². The van der Waals surface area contributed by atoms with Crippen molar-refractivity contribution < 1.29 is 9.53 Å². The van der Waals surface area contributed by atoms with Crippen molar-refractivity contribution >= 4 is 11.6 Å². The molecule has 0 aliphatic carbocycles. The minimum atomic E-state index is 0.110. The molecule has 18 heavy (non-hydrogen) atoms. The van der Waals surface area contributed by atoms with E-state index in [1.165, 1.54) is 0 Å². The van der Waals surface area contributed by atoms with Crippen LogP contribution >= 0.6 is 0 Å². The van der Waals surface area contributed by atoms with E-state index in [0.29, 0.717) is 24.6 Å². The Hall–Kier alpha value is -1.71. The van der Waals surface area contributed by atoms with E-state index in [9.17, 15) is 4.79 Å². The largest absolute Gasteiger partial charge is 0.493 e. The summed E-state index contributed by atoms with van der Waals surface area (Å²) in [6.07, 6.45) is 0.396. The van der Waals surface area contributed by atoms with Crippen LogP contribution in [-0.4, -0.2) is 31.0 Å². The van der Waals surface area contributed by atoms with Crippen molar-refractivity contribution in [3.05, 3.63) is 24.3 Å². The number of ether oxygens (including phenoxy) is 1. The van der Waals surface area contributed by atoms with Crippen molar-refractivity contribution in [3.8, 4) is 5.75 Å². The molecule has 100 valence electrons. The summed E-state index contributed by atoms with van der Waals surface area (Å²) in [7, 11) is 1.82. The average molecular weight is 250 g/mol. The van der Waals surface area contributed by atoms with Gasteiger partial charge >= 0.3 is 0 Å². The number of amides is 1. The Bertz CT molecular complexity index is 374. The summed E-state index contributed by atoms with van der Waals surface area (Å²) in [5.41, 5.74) is 6.28. The van der Waals surface area contributed by atoms with E-state index in [-0.39, 0.29) is 5.91 Å². The van der Waals surface area contributed by atoms with Crippen LogP contribution < -0.4 is 10.5 Å². The first kappa shape index (κ1) is 14.4. The fourth-order valence-corrected chi connectivity index (χ4v) is 1.66. The van der Waals surface area contributed by atoms with Crippen LogP contribution in [0.15, 0.2) is 24.3 Å². The predicted molar refractivity (Wildman–Crippen MR) is 73.4 cm³/mol. The van der Waals surface area contributed by atoms with Gasteiger partial charge in [0, 0.05) is 19.3 Å². The maximum Gasteiger partial charge on any atom is 0.225 e. The van der Waals surface area contributed by atoms with E-state index >= 15 is 0 Å². The zero-order valence-electron chi connectivity index (χ0n) is 11.3. The molecule has 0 aliphatic rings. The summed E-state index contributed by atoms with van der Waals surface area (Å²) in [5, 5.41) is 0. The van der Waals surface area contributed by atoms with Crippen LogP contribution in [0.3, 0.4) is 0 Å². The van der Waals surface area contributed by atoms with Gasteiger partial charge in [-0.15, -0.1) is 0 Å². The number of nitrogens with two attached hydrogens (primary N) is 1. The minimum Gasteiger partial charge on any atom is -0.493 e. The molecule has 0 bridgehead atoms. The van der Waals surface area contributed by atoms with Crippen molar-refractivity contribution in [3.63, 3.8) is 0 Å². The number of hydrogen-bond acceptors (Lipinski definition) is 3. The Labute approximate surface area is 109 Å². The van der Waals surface area contributed by atoms with Crippen molar-refractivity contribution in [1.82, 2.24) is 4.90 Å². The van der Waals surface area contributed by atoms with Crippen molar-refractivity contribution in [2.24, 2.45) is 5.92 Å². The Morgan fingerprint density at radius 2 is 1.94 bits per heavy atom. The van der Waals surface area contributed by atoms with E-state index in [2.05, 4.69) is 13.8 Å². The van der Waals surface area contributed by atoms with Gasteiger partial charge in [0.25, 0.3) is 0 Å². The van der Waals surface area contributed by atoms with Gasteiger partial charge in [0.2, 0.25) is 5.91 Å². The third-order valence-electron chi connectivity index (χ3n) is 2.53. The maximum absolute atomic E-state index is 11.7. The quantitative estimate of drug-likeness (QED) is 0.787. The standard InChI is InChI=1S/C14H22N2O2/c1-11(2)10-16(3)14(17)8-9-18-13-6-4-12(15)5-7-13/h4-7,11H,8-10,15H2,1-3H3. The molecule has 0 aliphatic heterocycles. The van der Waals surface area contributed by atoms with Gasteiger partial charge in [0.1, 0.15) is 5.75 Å². The Balaban J connectivity index is 2.29. The SMILES string of the molecule is CC(C)CN(C)C(=O)CCOc1ccc(N)cc1. The zero-order chi connectivity index (χ0) is 13.5. The zero-order valence-corrected chi connectivity index (χ0v) is 11.3. The molecule has 0 atom stereocenters. The van der Waals surface area contributed by atoms with Crippen LogP contribution in [0.5, 0.6) is 5.75 Å². The fraction of sp³-hybridized carbons (Fsp3) is 0.500. The molecule has 1 aromatic carbocycles. The predicted octanol–water partition coefficient (Wildman–Crippen LogP) is 2.15. The van der Waals surface area contributed by atoms with Crippen LogP contribution in [0.1, 0.15) is 20.3 Å². The first-order valence-electron chi connectivity index (χ1n) is 6.21. The summed E-state index contributed by atoms with van der Waals surface area (Å²) >= 11 is 0. The van der Waals surface area contributed by atoms with Crippen molar-refractivity contribution in [1.29, 1.82) is 0 Å². The van der Waals surface area contributed by atoms with Gasteiger partial charge < -0.3 is 15.4 Å². The minimum absolute atomic E-state index is 0.110. The number of nitrogen functional groups attached to an aromatic ring is 1. The molecule has 0 fully saturated rings. The Kier molecular flexibility index (Phi) is 5.49. The molecule has 1 rings (SSSR count). The number of nitrogens with zero attached hydrogens (tertiary/aromatic N) is 1. The van der Waals surface area contributed by atoms with Gasteiger partial charge in [-0.2, -0.15) is 0 Å². The van der Waals surface area contributed by atoms with E-state index in [1.54, 1.807) is 29.2 Å². The van der Waals surface area contributed by atoms with E-state index in [0.717, 1.165) is 12.3 Å². The molecular formula is C14H22N2O2. The first-order valence-corrected chi connectivity index (χ1v) is 6.21. The summed E-state index contributed by atoms with van der Waals surface area (Å²) in [6, 6.07) is 7.17. The molecule has 2 N–H and O–H groups in total. The molecule has 1 aromatic rings. The van der Waals surface area contributed by atoms with Gasteiger partial charge in [-0.1, -0.05) is 13.8 Å². The smallest absolute Gasteiger partial charge is 0.225 e. The Morgan fingerprint density at radius 1 is 1.33 bits per heavy atom. The van der Waals surface area contributed by atoms with Crippen LogP contribution in [0, 0.1) is 5.92 Å². The van der Waals surface area contributed by atoms with E-state index < -0.39 is 0 Å². The van der Waals surface area contributed by atoms with Gasteiger partial charge in [-0.3, -0.25) is 4.79 Å². The molecule has 0 heterocycles. The topological polar surface area (TPSA) is 55.6 Å². The van der Waals surface area contributed by atoms with Gasteiger partial charge in [-0.25, -0.2) is 0 Å². The lowest BCUT2D eigenvalue weighted by molar-refractivity contribution is -0.130. The van der Waals surface area contributed by atoms with Gasteiger partial charge in [0.15, 0.2) is 0 Å². The molecule has 0 radical (unpaired) electrons. The molecule has 0 saturated carbocycles. The van der Waals surface area contributed by atoms with Crippen LogP contribution in [0.4, 0.5) is 5.69 Å². The fourth-order valence-electron chi connectivity index (χ4n) is 1.66. The highest BCUT2D eigenvalue weighted by atomic mass is 16.5. The van der Waals surface area contributed by atoms with Crippen LogP contribution in [-0.2, 0) is 4.79 Å². The Morgan fingerprint density at radius 3 is 2.50 bits per heavy atom. The number of carbonyl (C=O) groups excluding carboxylic acids is 1. The average Bonchev–Trinajstić information content (AvgIpc) is 2.30. The van der Waals surface area contributed by atoms with Crippen LogP contribution in [0.25, 0.3) is 0 Å². The first-order chi connectivity index (χ1) is 8.49. The third-order valence-corrected chi connectivity index (χ3v) is 2.53. The highest BCUT2D eigenvalue weighted by Gasteiger charge is 2.09. The van der Waals surface area contributed by atoms with Crippen LogP contribution in [0.2, 0.25) is 0 Å². The molecule has 0 saturated heterocycles. The van der Waals surface area contributed by atoms with Crippen molar-refractivity contribution in [2.75, 3.05) is 25.9 Å². The van der Waals surface area contributed by atoms with Crippen molar-refractivity contribution in [2.45, 2.75) is 20.3 Å². The normalized spacial score (nSPS) is 10.4. The van der Waals surface area contributed by atoms with E-state index in [1.807, 2.05) is 7.05 Å². The second kappa shape index (κ2) is 6.89. The molecule has 0 unspecified atom stereocenters. The number of anilines is 1. The highest BCUT2D eigenvalue weighted by molar-refractivity contribution is 5.75. The molecular weight excluding hydrogens is 228 g/mol. The number of benzene rings is 1. The molecule has 4 nitrogen and oxygen atoms in total. The lowest BCUT2D eigenvalue weighted by atomic mass is 10.2. The lowest BCUT2D eigenvalue weighted by Gasteiger charge is -2.19. The molecule has 0 spiro atoms. The second-order valence-corrected chi connectivity index (χ2v) is 4.84. The monoisotopic (exact) mass is 250 g/mol. The van der Waals surface area contributed by atoms with Gasteiger partial charge in [0.05, 0.1) is 13.0 Å². The second-order valence-electron chi connectivity index (χ2n) is 4.84. The number of rotatable bonds is 6. The molecule has 1 amide bonds.